The average Bonchev–Trinajstić information content (AvgIpc) is 2.65. The lowest BCUT2D eigenvalue weighted by atomic mass is 10.1. The highest BCUT2D eigenvalue weighted by atomic mass is 35.5. The van der Waals surface area contributed by atoms with Gasteiger partial charge in [-0.3, -0.25) is 4.79 Å². The summed E-state index contributed by atoms with van der Waals surface area (Å²) in [5.74, 6) is -0.925. The summed E-state index contributed by atoms with van der Waals surface area (Å²) in [6, 6.07) is 10.2. The minimum atomic E-state index is -3.67. The number of rotatable bonds is 7. The molecule has 5 nitrogen and oxygen atoms in total. The maximum absolute atomic E-state index is 14.0. The van der Waals surface area contributed by atoms with E-state index in [1.165, 1.54) is 52.7 Å². The van der Waals surface area contributed by atoms with Gasteiger partial charge in [-0.15, -0.1) is 0 Å². The highest BCUT2D eigenvalue weighted by Gasteiger charge is 2.23. The molecule has 0 aliphatic carbocycles. The smallest absolute Gasteiger partial charge is 0.253 e. The first kappa shape index (κ1) is 21.3. The van der Waals surface area contributed by atoms with Gasteiger partial charge >= 0.3 is 0 Å². The Morgan fingerprint density at radius 1 is 1.11 bits per heavy atom. The van der Waals surface area contributed by atoms with Gasteiger partial charge in [-0.25, -0.2) is 12.8 Å². The first-order valence-corrected chi connectivity index (χ1v) is 10.3. The van der Waals surface area contributed by atoms with E-state index in [9.17, 15) is 17.6 Å². The fourth-order valence-corrected chi connectivity index (χ4v) is 4.44. The molecule has 8 heteroatoms. The third-order valence-corrected chi connectivity index (χ3v) is 6.63. The molecule has 1 amide bonds. The van der Waals surface area contributed by atoms with Crippen LogP contribution >= 0.6 is 11.6 Å². The summed E-state index contributed by atoms with van der Waals surface area (Å²) in [5.41, 5.74) is 0.417. The monoisotopic (exact) mass is 412 g/mol. The first-order valence-electron chi connectivity index (χ1n) is 8.50. The van der Waals surface area contributed by atoms with E-state index < -0.39 is 21.7 Å². The molecule has 0 heterocycles. The van der Waals surface area contributed by atoms with Crippen molar-refractivity contribution in [3.05, 3.63) is 64.4 Å². The van der Waals surface area contributed by atoms with Crippen molar-refractivity contribution in [2.24, 2.45) is 0 Å². The summed E-state index contributed by atoms with van der Waals surface area (Å²) in [6.45, 7) is 4.15. The van der Waals surface area contributed by atoms with E-state index in [0.29, 0.717) is 13.1 Å². The van der Waals surface area contributed by atoms with E-state index >= 15 is 0 Å². The van der Waals surface area contributed by atoms with Crippen LogP contribution in [0.1, 0.15) is 29.8 Å². The second-order valence-corrected chi connectivity index (χ2v) is 8.32. The van der Waals surface area contributed by atoms with Crippen LogP contribution in [0.5, 0.6) is 0 Å². The fourth-order valence-electron chi connectivity index (χ4n) is 2.71. The van der Waals surface area contributed by atoms with Crippen molar-refractivity contribution in [2.45, 2.75) is 25.3 Å². The quantitative estimate of drug-likeness (QED) is 0.695. The zero-order valence-electron chi connectivity index (χ0n) is 15.4. The van der Waals surface area contributed by atoms with Crippen molar-refractivity contribution in [1.29, 1.82) is 0 Å². The second kappa shape index (κ2) is 8.82. The Hall–Kier alpha value is -1.96. The van der Waals surface area contributed by atoms with Gasteiger partial charge in [0.2, 0.25) is 10.0 Å². The number of benzene rings is 2. The van der Waals surface area contributed by atoms with E-state index in [2.05, 4.69) is 0 Å². The Bertz CT molecular complexity index is 910. The van der Waals surface area contributed by atoms with Gasteiger partial charge in [0.15, 0.2) is 0 Å². The van der Waals surface area contributed by atoms with Crippen LogP contribution in [0.2, 0.25) is 5.02 Å². The van der Waals surface area contributed by atoms with E-state index in [4.69, 9.17) is 11.6 Å². The molecule has 2 aromatic carbocycles. The zero-order valence-corrected chi connectivity index (χ0v) is 17.0. The standard InChI is InChI=1S/C19H22ClFN2O3S/c1-4-23(5-2)27(25,26)15-9-6-8-14(12-15)19(24)22(3)13-16-17(20)10-7-11-18(16)21/h6-12H,4-5,13H2,1-3H3. The molecule has 2 aromatic rings. The normalized spacial score (nSPS) is 11.6. The summed E-state index contributed by atoms with van der Waals surface area (Å²) in [5, 5.41) is 0.229. The third kappa shape index (κ3) is 4.66. The van der Waals surface area contributed by atoms with Crippen molar-refractivity contribution in [1.82, 2.24) is 9.21 Å². The van der Waals surface area contributed by atoms with Crippen molar-refractivity contribution in [3.8, 4) is 0 Å². The summed E-state index contributed by atoms with van der Waals surface area (Å²) in [4.78, 5) is 14.1. The molecule has 0 saturated carbocycles. The molecule has 0 atom stereocenters. The molecule has 27 heavy (non-hydrogen) atoms. The van der Waals surface area contributed by atoms with Crippen LogP contribution in [-0.4, -0.2) is 43.7 Å². The molecule has 0 radical (unpaired) electrons. The Balaban J connectivity index is 2.29. The van der Waals surface area contributed by atoms with Crippen LogP contribution in [0, 0.1) is 5.82 Å². The van der Waals surface area contributed by atoms with Crippen LogP contribution in [-0.2, 0) is 16.6 Å². The fraction of sp³-hybridized carbons (Fsp3) is 0.316. The maximum Gasteiger partial charge on any atom is 0.253 e. The number of carbonyl (C=O) groups is 1. The molecule has 0 saturated heterocycles. The van der Waals surface area contributed by atoms with Gasteiger partial charge in [0, 0.05) is 42.8 Å². The van der Waals surface area contributed by atoms with Gasteiger partial charge < -0.3 is 4.90 Å². The lowest BCUT2D eigenvalue weighted by molar-refractivity contribution is 0.0783. The average molecular weight is 413 g/mol. The predicted molar refractivity (Wildman–Crippen MR) is 104 cm³/mol. The molecule has 0 spiro atoms. The molecule has 2 rings (SSSR count). The van der Waals surface area contributed by atoms with E-state index in [0.717, 1.165) is 0 Å². The van der Waals surface area contributed by atoms with Gasteiger partial charge in [0.1, 0.15) is 5.82 Å². The first-order chi connectivity index (χ1) is 12.7. The molecule has 0 aliphatic rings. The summed E-state index contributed by atoms with van der Waals surface area (Å²) < 4.78 is 40.6. The number of hydrogen-bond acceptors (Lipinski definition) is 3. The molecular weight excluding hydrogens is 391 g/mol. The summed E-state index contributed by atoms with van der Waals surface area (Å²) in [7, 11) is -2.16. The maximum atomic E-state index is 14.0. The lowest BCUT2D eigenvalue weighted by Crippen LogP contribution is -2.31. The number of sulfonamides is 1. The number of halogens is 2. The Kier molecular flexibility index (Phi) is 6.97. The van der Waals surface area contributed by atoms with E-state index in [1.54, 1.807) is 19.9 Å². The minimum absolute atomic E-state index is 0.0304. The van der Waals surface area contributed by atoms with Crippen LogP contribution in [0.4, 0.5) is 4.39 Å². The van der Waals surface area contributed by atoms with Crippen LogP contribution in [0.15, 0.2) is 47.4 Å². The highest BCUT2D eigenvalue weighted by Crippen LogP contribution is 2.22. The van der Waals surface area contributed by atoms with Gasteiger partial charge in [0.25, 0.3) is 5.91 Å². The van der Waals surface area contributed by atoms with Gasteiger partial charge in [0.05, 0.1) is 4.90 Å². The molecular formula is C19H22ClFN2O3S. The molecule has 0 bridgehead atoms. The number of hydrogen-bond donors (Lipinski definition) is 0. The Morgan fingerprint density at radius 2 is 1.74 bits per heavy atom. The van der Waals surface area contributed by atoms with E-state index in [1.807, 2.05) is 0 Å². The Labute approximate surface area is 164 Å². The summed E-state index contributed by atoms with van der Waals surface area (Å²) >= 11 is 6.01. The molecule has 146 valence electrons. The lowest BCUT2D eigenvalue weighted by Gasteiger charge is -2.20. The van der Waals surface area contributed by atoms with Gasteiger partial charge in [-0.1, -0.05) is 37.6 Å². The van der Waals surface area contributed by atoms with Gasteiger partial charge in [-0.05, 0) is 30.3 Å². The molecule has 0 aliphatic heterocycles. The second-order valence-electron chi connectivity index (χ2n) is 5.98. The number of amides is 1. The third-order valence-electron chi connectivity index (χ3n) is 4.23. The van der Waals surface area contributed by atoms with Crippen LogP contribution in [0.3, 0.4) is 0 Å². The highest BCUT2D eigenvalue weighted by molar-refractivity contribution is 7.89. The molecule has 0 aromatic heterocycles. The van der Waals surface area contributed by atoms with Crippen LogP contribution in [0.25, 0.3) is 0 Å². The molecule has 0 fully saturated rings. The largest absolute Gasteiger partial charge is 0.337 e. The van der Waals surface area contributed by atoms with E-state index in [-0.39, 0.29) is 27.6 Å². The summed E-state index contributed by atoms with van der Waals surface area (Å²) in [6.07, 6.45) is 0. The minimum Gasteiger partial charge on any atom is -0.337 e. The van der Waals surface area contributed by atoms with Gasteiger partial charge in [-0.2, -0.15) is 4.31 Å². The predicted octanol–water partition coefficient (Wildman–Crippen LogP) is 3.78. The van der Waals surface area contributed by atoms with Crippen molar-refractivity contribution in [3.63, 3.8) is 0 Å². The Morgan fingerprint density at radius 3 is 2.33 bits per heavy atom. The topological polar surface area (TPSA) is 57.7 Å². The van der Waals surface area contributed by atoms with Crippen molar-refractivity contribution < 1.29 is 17.6 Å². The number of nitrogens with zero attached hydrogens (tertiary/aromatic N) is 2. The molecule has 0 N–H and O–H groups in total. The SMILES string of the molecule is CCN(CC)S(=O)(=O)c1cccc(C(=O)N(C)Cc2c(F)cccc2Cl)c1. The van der Waals surface area contributed by atoms with Crippen molar-refractivity contribution >= 4 is 27.5 Å². The molecule has 0 unspecified atom stereocenters. The van der Waals surface area contributed by atoms with Crippen LogP contribution < -0.4 is 0 Å². The zero-order chi connectivity index (χ0) is 20.2. The number of carbonyl (C=O) groups excluding carboxylic acids is 1. The van der Waals surface area contributed by atoms with Crippen molar-refractivity contribution in [2.75, 3.05) is 20.1 Å².